The molecule has 0 radical (unpaired) electrons. The Morgan fingerprint density at radius 1 is 1.40 bits per heavy atom. The van der Waals surface area contributed by atoms with Crippen LogP contribution in [-0.4, -0.2) is 19.0 Å². The monoisotopic (exact) mass is 210 g/mol. The summed E-state index contributed by atoms with van der Waals surface area (Å²) in [5.41, 5.74) is 0.817. The molecule has 0 aromatic heterocycles. The molecule has 0 aliphatic heterocycles. The Balaban J connectivity index is 2.61. The van der Waals surface area contributed by atoms with Gasteiger partial charge in [-0.25, -0.2) is 4.39 Å². The normalized spacial score (nSPS) is 12.5. The van der Waals surface area contributed by atoms with Crippen LogP contribution in [0.25, 0.3) is 0 Å². The van der Waals surface area contributed by atoms with Crippen LogP contribution in [0.5, 0.6) is 0 Å². The maximum absolute atomic E-state index is 12.6. The number of benzene rings is 1. The van der Waals surface area contributed by atoms with Gasteiger partial charge in [-0.3, -0.25) is 4.79 Å². The van der Waals surface area contributed by atoms with Gasteiger partial charge in [-0.05, 0) is 24.1 Å². The summed E-state index contributed by atoms with van der Waals surface area (Å²) in [6, 6.07) is 5.96. The highest BCUT2D eigenvalue weighted by molar-refractivity contribution is 5.85. The maximum Gasteiger partial charge on any atom is 0.165 e. The van der Waals surface area contributed by atoms with E-state index in [1.54, 1.807) is 12.1 Å². The van der Waals surface area contributed by atoms with Crippen LogP contribution in [0, 0.1) is 5.82 Å². The second kappa shape index (κ2) is 5.61. The summed E-state index contributed by atoms with van der Waals surface area (Å²) in [5.74, 6) is -0.253. The van der Waals surface area contributed by atoms with E-state index in [0.29, 0.717) is 12.8 Å². The number of hydrogen-bond acceptors (Lipinski definition) is 2. The fourth-order valence-electron chi connectivity index (χ4n) is 1.44. The molecule has 1 unspecified atom stereocenters. The van der Waals surface area contributed by atoms with E-state index in [2.05, 4.69) is 0 Å². The van der Waals surface area contributed by atoms with Crippen molar-refractivity contribution in [3.05, 3.63) is 35.6 Å². The first kappa shape index (κ1) is 11.9. The average Bonchev–Trinajstić information content (AvgIpc) is 2.23. The Morgan fingerprint density at radius 2 is 2.00 bits per heavy atom. The highest BCUT2D eigenvalue weighted by Crippen LogP contribution is 2.07. The van der Waals surface area contributed by atoms with Crippen molar-refractivity contribution in [1.82, 2.24) is 0 Å². The average molecular weight is 210 g/mol. The van der Waals surface area contributed by atoms with E-state index in [0.717, 1.165) is 5.56 Å². The number of Topliss-reactive ketones (excluding diaryl/α,β-unsaturated/α-hetero) is 1. The first-order chi connectivity index (χ1) is 7.17. The van der Waals surface area contributed by atoms with Gasteiger partial charge >= 0.3 is 0 Å². The molecule has 0 heterocycles. The summed E-state index contributed by atoms with van der Waals surface area (Å²) in [6.07, 6.45) is 0.610. The molecule has 3 heteroatoms. The lowest BCUT2D eigenvalue weighted by atomic mass is 10.0. The number of carbonyl (C=O) groups excluding carboxylic acids is 1. The molecule has 1 rings (SSSR count). The minimum absolute atomic E-state index is 0.0339. The van der Waals surface area contributed by atoms with Gasteiger partial charge in [-0.15, -0.1) is 0 Å². The summed E-state index contributed by atoms with van der Waals surface area (Å²) < 4.78 is 17.6. The lowest BCUT2D eigenvalue weighted by Gasteiger charge is -2.11. The van der Waals surface area contributed by atoms with Crippen LogP contribution in [0.3, 0.4) is 0 Å². The highest BCUT2D eigenvalue weighted by atomic mass is 19.1. The minimum Gasteiger partial charge on any atom is -0.374 e. The Hall–Kier alpha value is -1.22. The Labute approximate surface area is 89.1 Å². The molecule has 15 heavy (non-hydrogen) atoms. The Bertz CT molecular complexity index is 315. The fourth-order valence-corrected chi connectivity index (χ4v) is 1.44. The highest BCUT2D eigenvalue weighted by Gasteiger charge is 2.15. The third-order valence-corrected chi connectivity index (χ3v) is 2.31. The molecule has 0 aliphatic rings. The van der Waals surface area contributed by atoms with E-state index in [9.17, 15) is 9.18 Å². The molecule has 0 spiro atoms. The first-order valence-corrected chi connectivity index (χ1v) is 4.97. The van der Waals surface area contributed by atoms with Crippen LogP contribution >= 0.6 is 0 Å². The van der Waals surface area contributed by atoms with Crippen LogP contribution in [0.4, 0.5) is 4.39 Å². The molecule has 2 nitrogen and oxygen atoms in total. The van der Waals surface area contributed by atoms with Crippen molar-refractivity contribution in [2.75, 3.05) is 7.11 Å². The van der Waals surface area contributed by atoms with Crippen LogP contribution in [0.1, 0.15) is 18.9 Å². The van der Waals surface area contributed by atoms with Gasteiger partial charge in [0, 0.05) is 13.5 Å². The first-order valence-electron chi connectivity index (χ1n) is 4.97. The van der Waals surface area contributed by atoms with Gasteiger partial charge in [-0.1, -0.05) is 19.1 Å². The van der Waals surface area contributed by atoms with Gasteiger partial charge in [0.05, 0.1) is 0 Å². The van der Waals surface area contributed by atoms with Crippen LogP contribution in [0.2, 0.25) is 0 Å². The van der Waals surface area contributed by atoms with Gasteiger partial charge in [0.25, 0.3) is 0 Å². The molecule has 0 saturated heterocycles. The van der Waals surface area contributed by atoms with Crippen molar-refractivity contribution in [1.29, 1.82) is 0 Å². The number of carbonyl (C=O) groups is 1. The number of hydrogen-bond donors (Lipinski definition) is 0. The molecule has 0 saturated carbocycles. The van der Waals surface area contributed by atoms with Gasteiger partial charge in [0.15, 0.2) is 5.78 Å². The molecule has 0 amide bonds. The van der Waals surface area contributed by atoms with Crippen molar-refractivity contribution in [2.24, 2.45) is 0 Å². The van der Waals surface area contributed by atoms with Gasteiger partial charge in [0.1, 0.15) is 11.9 Å². The molecule has 0 bridgehead atoms. The van der Waals surface area contributed by atoms with Crippen molar-refractivity contribution < 1.29 is 13.9 Å². The van der Waals surface area contributed by atoms with E-state index in [4.69, 9.17) is 4.74 Å². The predicted octanol–water partition coefficient (Wildman–Crippen LogP) is 2.36. The number of methoxy groups -OCH3 is 1. The van der Waals surface area contributed by atoms with Crippen molar-refractivity contribution >= 4 is 5.78 Å². The zero-order valence-corrected chi connectivity index (χ0v) is 9.00. The zero-order chi connectivity index (χ0) is 11.3. The van der Waals surface area contributed by atoms with Crippen LogP contribution in [-0.2, 0) is 16.0 Å². The van der Waals surface area contributed by atoms with Crippen molar-refractivity contribution in [3.8, 4) is 0 Å². The lowest BCUT2D eigenvalue weighted by Crippen LogP contribution is -2.23. The minimum atomic E-state index is -0.352. The lowest BCUT2D eigenvalue weighted by molar-refractivity contribution is -0.128. The van der Waals surface area contributed by atoms with E-state index in [-0.39, 0.29) is 17.7 Å². The summed E-state index contributed by atoms with van der Waals surface area (Å²) in [4.78, 5) is 11.6. The molecule has 0 fully saturated rings. The summed E-state index contributed by atoms with van der Waals surface area (Å²) in [5, 5.41) is 0. The third kappa shape index (κ3) is 3.44. The van der Waals surface area contributed by atoms with Crippen molar-refractivity contribution in [2.45, 2.75) is 25.9 Å². The molecule has 1 aromatic rings. The van der Waals surface area contributed by atoms with Crippen LogP contribution in [0.15, 0.2) is 24.3 Å². The fraction of sp³-hybridized carbons (Fsp3) is 0.417. The van der Waals surface area contributed by atoms with Gasteiger partial charge in [-0.2, -0.15) is 0 Å². The predicted molar refractivity (Wildman–Crippen MR) is 56.2 cm³/mol. The van der Waals surface area contributed by atoms with E-state index in [1.807, 2.05) is 6.92 Å². The van der Waals surface area contributed by atoms with Gasteiger partial charge < -0.3 is 4.74 Å². The topological polar surface area (TPSA) is 26.3 Å². The Kier molecular flexibility index (Phi) is 4.43. The van der Waals surface area contributed by atoms with E-state index < -0.39 is 0 Å². The molecule has 0 N–H and O–H groups in total. The summed E-state index contributed by atoms with van der Waals surface area (Å²) >= 11 is 0. The maximum atomic E-state index is 12.6. The summed E-state index contributed by atoms with van der Waals surface area (Å²) in [7, 11) is 1.52. The second-order valence-corrected chi connectivity index (χ2v) is 3.40. The van der Waals surface area contributed by atoms with Crippen LogP contribution < -0.4 is 0 Å². The number of halogens is 1. The number of ketones is 1. The van der Waals surface area contributed by atoms with E-state index >= 15 is 0 Å². The SMILES string of the molecule is CCC(OC)C(=O)Cc1ccc(F)cc1. The largest absolute Gasteiger partial charge is 0.374 e. The Morgan fingerprint density at radius 3 is 2.47 bits per heavy atom. The molecular formula is C12H15FO2. The van der Waals surface area contributed by atoms with Crippen molar-refractivity contribution in [3.63, 3.8) is 0 Å². The van der Waals surface area contributed by atoms with E-state index in [1.165, 1.54) is 19.2 Å². The number of rotatable bonds is 5. The summed E-state index contributed by atoms with van der Waals surface area (Å²) in [6.45, 7) is 1.90. The zero-order valence-electron chi connectivity index (χ0n) is 9.00. The molecule has 1 aromatic carbocycles. The quantitative estimate of drug-likeness (QED) is 0.745. The molecular weight excluding hydrogens is 195 g/mol. The van der Waals surface area contributed by atoms with Gasteiger partial charge in [0.2, 0.25) is 0 Å². The molecule has 0 aliphatic carbocycles. The molecule has 82 valence electrons. The third-order valence-electron chi connectivity index (χ3n) is 2.31. The second-order valence-electron chi connectivity index (χ2n) is 3.40. The standard InChI is InChI=1S/C12H15FO2/c1-3-12(15-2)11(14)8-9-4-6-10(13)7-5-9/h4-7,12H,3,8H2,1-2H3. The smallest absolute Gasteiger partial charge is 0.165 e. The molecule has 1 atom stereocenters. The number of ether oxygens (including phenoxy) is 1.